The normalized spacial score (nSPS) is 10.9. The molecule has 0 aliphatic heterocycles. The Kier molecular flexibility index (Phi) is 6.48. The predicted octanol–water partition coefficient (Wildman–Crippen LogP) is 0.952. The second-order valence-corrected chi connectivity index (χ2v) is 5.87. The predicted molar refractivity (Wildman–Crippen MR) is 85.2 cm³/mol. The first kappa shape index (κ1) is 17.4. The Hall–Kier alpha value is -2.00. The third kappa shape index (κ3) is 5.00. The molecule has 0 aliphatic carbocycles. The first-order valence-electron chi connectivity index (χ1n) is 7.15. The van der Waals surface area contributed by atoms with Crippen LogP contribution in [0.3, 0.4) is 0 Å². The van der Waals surface area contributed by atoms with Crippen LogP contribution in [0.25, 0.3) is 0 Å². The molecule has 8 nitrogen and oxygen atoms in total. The molecule has 0 fully saturated rings. The number of thioether (sulfide) groups is 1. The highest BCUT2D eigenvalue weighted by Crippen LogP contribution is 2.15. The van der Waals surface area contributed by atoms with Crippen LogP contribution in [0.4, 0.5) is 0 Å². The number of furan rings is 1. The summed E-state index contributed by atoms with van der Waals surface area (Å²) in [6.45, 7) is 1.47. The minimum absolute atomic E-state index is 0.0645. The molecule has 1 N–H and O–H groups in total. The maximum Gasteiger partial charge on any atom is 0.343 e. The summed E-state index contributed by atoms with van der Waals surface area (Å²) in [5.41, 5.74) is -0.278. The first-order chi connectivity index (χ1) is 11.1. The molecule has 23 heavy (non-hydrogen) atoms. The molecular formula is C14H20N4O4S. The number of aromatic amines is 1. The van der Waals surface area contributed by atoms with Gasteiger partial charge in [0, 0.05) is 27.3 Å². The summed E-state index contributed by atoms with van der Waals surface area (Å²) in [6.07, 6.45) is 2.28. The second-order valence-electron chi connectivity index (χ2n) is 4.93. The molecule has 2 rings (SSSR count). The van der Waals surface area contributed by atoms with Crippen LogP contribution in [0.1, 0.15) is 12.2 Å². The van der Waals surface area contributed by atoms with Crippen molar-refractivity contribution < 1.29 is 13.9 Å². The van der Waals surface area contributed by atoms with Crippen molar-refractivity contribution in [1.29, 1.82) is 0 Å². The lowest BCUT2D eigenvalue weighted by Crippen LogP contribution is -2.28. The first-order valence-corrected chi connectivity index (χ1v) is 8.13. The zero-order valence-electron chi connectivity index (χ0n) is 13.2. The largest absolute Gasteiger partial charge is 0.467 e. The Balaban J connectivity index is 1.87. The van der Waals surface area contributed by atoms with Crippen molar-refractivity contribution in [2.24, 2.45) is 0 Å². The molecule has 2 heterocycles. The molecule has 2 aromatic rings. The summed E-state index contributed by atoms with van der Waals surface area (Å²) >= 11 is 1.23. The topological polar surface area (TPSA) is 93.4 Å². The lowest BCUT2D eigenvalue weighted by atomic mass is 10.4. The van der Waals surface area contributed by atoms with E-state index in [1.807, 2.05) is 6.07 Å². The average molecular weight is 340 g/mol. The molecule has 0 unspecified atom stereocenters. The van der Waals surface area contributed by atoms with Crippen molar-refractivity contribution in [3.63, 3.8) is 0 Å². The monoisotopic (exact) mass is 340 g/mol. The number of nitrogens with one attached hydrogen (secondary N) is 1. The van der Waals surface area contributed by atoms with Crippen LogP contribution in [0.15, 0.2) is 32.8 Å². The van der Waals surface area contributed by atoms with Gasteiger partial charge in [-0.2, -0.15) is 0 Å². The van der Waals surface area contributed by atoms with E-state index in [1.54, 1.807) is 31.4 Å². The number of hydrogen-bond acceptors (Lipinski definition) is 6. The molecule has 0 spiro atoms. The van der Waals surface area contributed by atoms with Gasteiger partial charge < -0.3 is 14.1 Å². The van der Waals surface area contributed by atoms with Gasteiger partial charge in [0.2, 0.25) is 5.91 Å². The van der Waals surface area contributed by atoms with Gasteiger partial charge in [0.25, 0.3) is 0 Å². The molecule has 0 radical (unpaired) electrons. The van der Waals surface area contributed by atoms with E-state index in [9.17, 15) is 9.59 Å². The highest BCUT2D eigenvalue weighted by Gasteiger charge is 2.14. The van der Waals surface area contributed by atoms with Crippen LogP contribution in [0.5, 0.6) is 0 Å². The lowest BCUT2D eigenvalue weighted by molar-refractivity contribution is -0.127. The summed E-state index contributed by atoms with van der Waals surface area (Å²) in [5.74, 6) is 0.860. The van der Waals surface area contributed by atoms with Crippen molar-refractivity contribution in [1.82, 2.24) is 19.7 Å². The smallest absolute Gasteiger partial charge is 0.343 e. The summed E-state index contributed by atoms with van der Waals surface area (Å²) in [6, 6.07) is 3.60. The number of nitrogens with zero attached hydrogens (tertiary/aromatic N) is 3. The summed E-state index contributed by atoms with van der Waals surface area (Å²) < 4.78 is 11.7. The third-order valence-corrected chi connectivity index (χ3v) is 4.14. The molecule has 0 saturated heterocycles. The molecule has 2 aromatic heterocycles. The number of rotatable bonds is 9. The van der Waals surface area contributed by atoms with E-state index in [-0.39, 0.29) is 17.3 Å². The van der Waals surface area contributed by atoms with Gasteiger partial charge in [-0.25, -0.2) is 9.89 Å². The second kappa shape index (κ2) is 8.59. The third-order valence-electron chi connectivity index (χ3n) is 3.18. The van der Waals surface area contributed by atoms with Gasteiger partial charge in [0.1, 0.15) is 5.76 Å². The Morgan fingerprint density at radius 2 is 2.39 bits per heavy atom. The quantitative estimate of drug-likeness (QED) is 0.540. The number of aromatic nitrogens is 3. The van der Waals surface area contributed by atoms with Gasteiger partial charge in [-0.15, -0.1) is 5.10 Å². The molecular weight excluding hydrogens is 320 g/mol. The molecule has 0 aromatic carbocycles. The van der Waals surface area contributed by atoms with E-state index in [2.05, 4.69) is 10.2 Å². The Bertz CT molecular complexity index is 665. The Labute approximate surface area is 137 Å². The van der Waals surface area contributed by atoms with Crippen LogP contribution in [0, 0.1) is 0 Å². The van der Waals surface area contributed by atoms with Gasteiger partial charge >= 0.3 is 5.69 Å². The zero-order chi connectivity index (χ0) is 16.7. The van der Waals surface area contributed by atoms with E-state index in [0.29, 0.717) is 31.3 Å². The van der Waals surface area contributed by atoms with Gasteiger partial charge in [-0.05, 0) is 18.6 Å². The van der Waals surface area contributed by atoms with Crippen molar-refractivity contribution in [2.45, 2.75) is 24.7 Å². The molecule has 0 bridgehead atoms. The minimum atomic E-state index is -0.278. The fourth-order valence-electron chi connectivity index (χ4n) is 1.94. The number of ether oxygens (including phenoxy) is 1. The average Bonchev–Trinajstić information content (AvgIpc) is 3.16. The summed E-state index contributed by atoms with van der Waals surface area (Å²) in [5, 5.41) is 6.87. The Morgan fingerprint density at radius 3 is 3.09 bits per heavy atom. The highest BCUT2D eigenvalue weighted by atomic mass is 32.2. The fraction of sp³-hybridized carbons (Fsp3) is 0.500. The van der Waals surface area contributed by atoms with E-state index in [4.69, 9.17) is 9.15 Å². The van der Waals surface area contributed by atoms with Crippen LogP contribution >= 0.6 is 11.8 Å². The maximum absolute atomic E-state index is 12.1. The lowest BCUT2D eigenvalue weighted by Gasteiger charge is -2.15. The zero-order valence-corrected chi connectivity index (χ0v) is 14.0. The van der Waals surface area contributed by atoms with E-state index < -0.39 is 0 Å². The highest BCUT2D eigenvalue weighted by molar-refractivity contribution is 7.99. The number of H-pyrrole nitrogens is 1. The van der Waals surface area contributed by atoms with Gasteiger partial charge in [0.15, 0.2) is 5.16 Å². The summed E-state index contributed by atoms with van der Waals surface area (Å²) in [7, 11) is 3.32. The fourth-order valence-corrected chi connectivity index (χ4v) is 2.85. The number of carbonyl (C=O) groups excluding carboxylic acids is 1. The van der Waals surface area contributed by atoms with Gasteiger partial charge in [0.05, 0.1) is 18.6 Å². The molecule has 0 atom stereocenters. The molecule has 9 heteroatoms. The Morgan fingerprint density at radius 1 is 1.57 bits per heavy atom. The number of amides is 1. The summed E-state index contributed by atoms with van der Waals surface area (Å²) in [4.78, 5) is 25.4. The number of hydrogen-bond donors (Lipinski definition) is 1. The molecule has 126 valence electrons. The van der Waals surface area contributed by atoms with Crippen LogP contribution in [-0.2, 0) is 22.6 Å². The van der Waals surface area contributed by atoms with Crippen molar-refractivity contribution in [3.8, 4) is 0 Å². The van der Waals surface area contributed by atoms with Crippen molar-refractivity contribution >= 4 is 17.7 Å². The van der Waals surface area contributed by atoms with Crippen LogP contribution in [0.2, 0.25) is 0 Å². The van der Waals surface area contributed by atoms with Gasteiger partial charge in [-0.1, -0.05) is 11.8 Å². The maximum atomic E-state index is 12.1. The minimum Gasteiger partial charge on any atom is -0.467 e. The van der Waals surface area contributed by atoms with E-state index in [0.717, 1.165) is 5.76 Å². The molecule has 1 amide bonds. The molecule has 0 saturated carbocycles. The molecule has 0 aliphatic rings. The number of methoxy groups -OCH3 is 1. The van der Waals surface area contributed by atoms with Crippen LogP contribution < -0.4 is 5.69 Å². The van der Waals surface area contributed by atoms with E-state index in [1.165, 1.54) is 16.3 Å². The van der Waals surface area contributed by atoms with Crippen molar-refractivity contribution in [3.05, 3.63) is 34.6 Å². The van der Waals surface area contributed by atoms with Gasteiger partial charge in [-0.3, -0.25) is 9.36 Å². The van der Waals surface area contributed by atoms with Crippen LogP contribution in [-0.4, -0.2) is 52.1 Å². The number of carbonyl (C=O) groups is 1. The van der Waals surface area contributed by atoms with E-state index >= 15 is 0 Å². The van der Waals surface area contributed by atoms with Crippen molar-refractivity contribution in [2.75, 3.05) is 26.5 Å². The SMILES string of the molecule is COCCCn1c(SCC(=O)N(C)Cc2ccco2)n[nH]c1=O. The standard InChI is InChI=1S/C14H20N4O4S/c1-17(9-11-5-3-8-22-11)12(19)10-23-14-16-15-13(20)18(14)6-4-7-21-2/h3,5,8H,4,6-7,9-10H2,1-2H3,(H,15,20).